The molecule has 0 aromatic rings. The summed E-state index contributed by atoms with van der Waals surface area (Å²) in [6, 6.07) is -0.0182. The van der Waals surface area contributed by atoms with Crippen LogP contribution in [0, 0.1) is 0 Å². The summed E-state index contributed by atoms with van der Waals surface area (Å²) in [6.07, 6.45) is 6.28. The van der Waals surface area contributed by atoms with Crippen LogP contribution in [0.1, 0.15) is 39.0 Å². The number of hydrogen-bond donors (Lipinski definition) is 1. The maximum atomic E-state index is 11.9. The molecule has 0 amide bonds. The van der Waals surface area contributed by atoms with Crippen molar-refractivity contribution in [1.29, 1.82) is 0 Å². The van der Waals surface area contributed by atoms with Gasteiger partial charge in [0.05, 0.1) is 18.9 Å². The van der Waals surface area contributed by atoms with E-state index in [0.717, 1.165) is 70.9 Å². The fourth-order valence-electron chi connectivity index (χ4n) is 3.73. The number of methoxy groups -OCH3 is 1. The van der Waals surface area contributed by atoms with Crippen molar-refractivity contribution in [2.24, 2.45) is 4.99 Å². The molecule has 0 aliphatic carbocycles. The van der Waals surface area contributed by atoms with Crippen LogP contribution in [0.2, 0.25) is 0 Å². The van der Waals surface area contributed by atoms with Crippen molar-refractivity contribution in [3.63, 3.8) is 0 Å². The van der Waals surface area contributed by atoms with E-state index in [9.17, 15) is 8.42 Å². The molecule has 0 aromatic heterocycles. The largest absolute Gasteiger partial charge is 0.385 e. The smallest absolute Gasteiger partial charge is 0.211 e. The van der Waals surface area contributed by atoms with Crippen molar-refractivity contribution in [1.82, 2.24) is 14.5 Å². The van der Waals surface area contributed by atoms with Gasteiger partial charge in [-0.2, -0.15) is 4.31 Å². The SMILES string of the molecule is CCNC(=NC[C@H]1CCCN1S(C)(=O)=O)N1CCC(OCCCOC)CC1. The number of guanidine groups is 1. The van der Waals surface area contributed by atoms with Gasteiger partial charge in [0.25, 0.3) is 0 Å². The maximum absolute atomic E-state index is 11.9. The van der Waals surface area contributed by atoms with E-state index in [1.54, 1.807) is 11.4 Å². The van der Waals surface area contributed by atoms with Gasteiger partial charge < -0.3 is 19.7 Å². The molecule has 2 rings (SSSR count). The number of rotatable bonds is 9. The van der Waals surface area contributed by atoms with Crippen molar-refractivity contribution in [3.05, 3.63) is 0 Å². The van der Waals surface area contributed by atoms with Crippen LogP contribution in [0.25, 0.3) is 0 Å². The number of sulfonamides is 1. The Bertz CT molecular complexity index is 562. The third-order valence-corrected chi connectivity index (χ3v) is 6.46. The zero-order valence-corrected chi connectivity index (χ0v) is 17.8. The molecule has 27 heavy (non-hydrogen) atoms. The molecule has 0 bridgehead atoms. The van der Waals surface area contributed by atoms with E-state index in [2.05, 4.69) is 17.1 Å². The fourth-order valence-corrected chi connectivity index (χ4v) is 4.91. The van der Waals surface area contributed by atoms with Gasteiger partial charge in [0.15, 0.2) is 5.96 Å². The quantitative estimate of drug-likeness (QED) is 0.349. The Hall–Kier alpha value is -0.900. The van der Waals surface area contributed by atoms with Crippen LogP contribution < -0.4 is 5.32 Å². The van der Waals surface area contributed by atoms with Crippen molar-refractivity contribution in [2.45, 2.75) is 51.2 Å². The fraction of sp³-hybridized carbons (Fsp3) is 0.944. The molecule has 0 radical (unpaired) electrons. The van der Waals surface area contributed by atoms with Gasteiger partial charge >= 0.3 is 0 Å². The first kappa shape index (κ1) is 22.4. The van der Waals surface area contributed by atoms with Gasteiger partial charge in [-0.3, -0.25) is 4.99 Å². The van der Waals surface area contributed by atoms with Gasteiger partial charge in [-0.15, -0.1) is 0 Å². The lowest BCUT2D eigenvalue weighted by Gasteiger charge is -2.34. The molecule has 0 unspecified atom stereocenters. The molecule has 0 spiro atoms. The van der Waals surface area contributed by atoms with Crippen LogP contribution in [0.4, 0.5) is 0 Å². The highest BCUT2D eigenvalue weighted by Crippen LogP contribution is 2.21. The number of piperidine rings is 1. The molecule has 8 nitrogen and oxygen atoms in total. The molecule has 2 fully saturated rings. The summed E-state index contributed by atoms with van der Waals surface area (Å²) in [5, 5.41) is 3.36. The number of hydrogen-bond acceptors (Lipinski definition) is 5. The second-order valence-corrected chi connectivity index (χ2v) is 9.20. The van der Waals surface area contributed by atoms with Crippen LogP contribution in [0.15, 0.2) is 4.99 Å². The minimum atomic E-state index is -3.15. The van der Waals surface area contributed by atoms with E-state index in [-0.39, 0.29) is 6.04 Å². The lowest BCUT2D eigenvalue weighted by molar-refractivity contribution is 0.00989. The highest BCUT2D eigenvalue weighted by atomic mass is 32.2. The van der Waals surface area contributed by atoms with Crippen molar-refractivity contribution in [2.75, 3.05) is 59.3 Å². The van der Waals surface area contributed by atoms with E-state index in [1.807, 2.05) is 0 Å². The first-order valence-corrected chi connectivity index (χ1v) is 11.9. The second kappa shape index (κ2) is 11.2. The third-order valence-electron chi connectivity index (χ3n) is 5.12. The Balaban J connectivity index is 1.85. The first-order chi connectivity index (χ1) is 13.0. The summed E-state index contributed by atoms with van der Waals surface area (Å²) in [4.78, 5) is 7.02. The molecule has 0 aromatic carbocycles. The van der Waals surface area contributed by atoms with Crippen LogP contribution >= 0.6 is 0 Å². The minimum absolute atomic E-state index is 0.0182. The number of ether oxygens (including phenoxy) is 2. The van der Waals surface area contributed by atoms with Crippen LogP contribution in [-0.2, 0) is 19.5 Å². The molecule has 2 saturated heterocycles. The molecule has 2 aliphatic rings. The summed E-state index contributed by atoms with van der Waals surface area (Å²) >= 11 is 0. The molecule has 1 N–H and O–H groups in total. The summed E-state index contributed by atoms with van der Waals surface area (Å²) < 4.78 is 36.4. The summed E-state index contributed by atoms with van der Waals surface area (Å²) in [5.74, 6) is 0.885. The molecular weight excluding hydrogens is 368 g/mol. The molecule has 1 atom stereocenters. The predicted octanol–water partition coefficient (Wildman–Crippen LogP) is 0.893. The van der Waals surface area contributed by atoms with Gasteiger partial charge in [0.2, 0.25) is 10.0 Å². The highest BCUT2D eigenvalue weighted by molar-refractivity contribution is 7.88. The highest BCUT2D eigenvalue weighted by Gasteiger charge is 2.31. The average molecular weight is 405 g/mol. The lowest BCUT2D eigenvalue weighted by atomic mass is 10.1. The van der Waals surface area contributed by atoms with E-state index in [1.165, 1.54) is 6.26 Å². The van der Waals surface area contributed by atoms with Crippen LogP contribution in [-0.4, -0.2) is 95.0 Å². The predicted molar refractivity (Wildman–Crippen MR) is 108 cm³/mol. The first-order valence-electron chi connectivity index (χ1n) is 10.1. The molecule has 2 heterocycles. The topological polar surface area (TPSA) is 83.5 Å². The van der Waals surface area contributed by atoms with Gasteiger partial charge in [-0.1, -0.05) is 0 Å². The molecule has 158 valence electrons. The zero-order valence-electron chi connectivity index (χ0n) is 17.0. The lowest BCUT2D eigenvalue weighted by Crippen LogP contribution is -2.47. The number of nitrogens with one attached hydrogen (secondary N) is 1. The second-order valence-electron chi connectivity index (χ2n) is 7.27. The minimum Gasteiger partial charge on any atom is -0.385 e. The Kier molecular flexibility index (Phi) is 9.28. The van der Waals surface area contributed by atoms with E-state index >= 15 is 0 Å². The zero-order chi connectivity index (χ0) is 19.7. The van der Waals surface area contributed by atoms with Gasteiger partial charge in [-0.25, -0.2) is 8.42 Å². The number of nitrogens with zero attached hydrogens (tertiary/aromatic N) is 3. The Labute approximate surface area is 164 Å². The van der Waals surface area contributed by atoms with Gasteiger partial charge in [0, 0.05) is 52.5 Å². The molecule has 2 aliphatic heterocycles. The molecular formula is C18H36N4O4S. The van der Waals surface area contributed by atoms with Crippen molar-refractivity contribution >= 4 is 16.0 Å². The van der Waals surface area contributed by atoms with Gasteiger partial charge in [-0.05, 0) is 39.0 Å². The van der Waals surface area contributed by atoms with E-state index in [4.69, 9.17) is 14.5 Å². The van der Waals surface area contributed by atoms with Crippen LogP contribution in [0.3, 0.4) is 0 Å². The average Bonchev–Trinajstić information content (AvgIpc) is 3.12. The summed E-state index contributed by atoms with van der Waals surface area (Å²) in [5.41, 5.74) is 0. The normalized spacial score (nSPS) is 23.1. The van der Waals surface area contributed by atoms with Gasteiger partial charge in [0.1, 0.15) is 0 Å². The van der Waals surface area contributed by atoms with E-state index < -0.39 is 10.0 Å². The number of likely N-dealkylation sites (tertiary alicyclic amines) is 1. The standard InChI is InChI=1S/C18H36N4O4S/c1-4-19-18(20-15-16-7-5-10-22(16)27(3,23)24)21-11-8-17(9-12-21)26-14-6-13-25-2/h16-17H,4-15H2,1-3H3,(H,19,20)/t16-/m1/s1. The van der Waals surface area contributed by atoms with Crippen molar-refractivity contribution < 1.29 is 17.9 Å². The molecule has 9 heteroatoms. The summed E-state index contributed by atoms with van der Waals surface area (Å²) in [6.45, 7) is 7.27. The Morgan fingerprint density at radius 1 is 1.19 bits per heavy atom. The van der Waals surface area contributed by atoms with E-state index in [0.29, 0.717) is 19.2 Å². The Morgan fingerprint density at radius 3 is 2.56 bits per heavy atom. The Morgan fingerprint density at radius 2 is 1.93 bits per heavy atom. The monoisotopic (exact) mass is 404 g/mol. The maximum Gasteiger partial charge on any atom is 0.211 e. The molecule has 0 saturated carbocycles. The van der Waals surface area contributed by atoms with Crippen LogP contribution in [0.5, 0.6) is 0 Å². The van der Waals surface area contributed by atoms with Crippen molar-refractivity contribution in [3.8, 4) is 0 Å². The number of aliphatic imine (C=N–C) groups is 1. The summed E-state index contributed by atoms with van der Waals surface area (Å²) in [7, 11) is -1.44. The third kappa shape index (κ3) is 7.21.